The average Bonchev–Trinajstić information content (AvgIpc) is 3.69. The minimum atomic E-state index is -0.956. The van der Waals surface area contributed by atoms with Crippen LogP contribution in [-0.4, -0.2) is 83.9 Å². The number of rotatable bonds is 13. The van der Waals surface area contributed by atoms with Crippen LogP contribution in [0.1, 0.15) is 59.5 Å². The van der Waals surface area contributed by atoms with Gasteiger partial charge in [-0.1, -0.05) is 43.3 Å². The number of ether oxygens (including phenoxy) is 1. The lowest BCUT2D eigenvalue weighted by Gasteiger charge is -2.31. The molecule has 3 aromatic carbocycles. The molecule has 0 saturated carbocycles. The van der Waals surface area contributed by atoms with Crippen molar-refractivity contribution in [1.82, 2.24) is 25.1 Å². The van der Waals surface area contributed by atoms with Gasteiger partial charge in [0.15, 0.2) is 11.6 Å². The third-order valence-electron chi connectivity index (χ3n) is 9.84. The second kappa shape index (κ2) is 16.2. The summed E-state index contributed by atoms with van der Waals surface area (Å²) in [7, 11) is 1.60. The molecule has 9 nitrogen and oxygen atoms in total. The zero-order valence-corrected chi connectivity index (χ0v) is 28.9. The first-order chi connectivity index (χ1) is 24.2. The lowest BCUT2D eigenvalue weighted by Crippen LogP contribution is -2.44. The zero-order valence-electron chi connectivity index (χ0n) is 28.9. The fourth-order valence-corrected chi connectivity index (χ4v) is 6.97. The molecule has 0 aliphatic carbocycles. The largest absolute Gasteiger partial charge is 0.383 e. The van der Waals surface area contributed by atoms with Gasteiger partial charge in [-0.3, -0.25) is 14.4 Å². The van der Waals surface area contributed by atoms with Crippen LogP contribution >= 0.6 is 0 Å². The smallest absolute Gasteiger partial charge is 0.251 e. The Labute approximate surface area is 292 Å². The number of amides is 1. The van der Waals surface area contributed by atoms with Gasteiger partial charge in [-0.05, 0) is 73.8 Å². The highest BCUT2D eigenvalue weighted by Crippen LogP contribution is 2.37. The highest BCUT2D eigenvalue weighted by Gasteiger charge is 2.37. The Morgan fingerprint density at radius 2 is 1.74 bits per heavy atom. The summed E-state index contributed by atoms with van der Waals surface area (Å²) in [6.07, 6.45) is 1.57. The molecule has 2 saturated heterocycles. The summed E-state index contributed by atoms with van der Waals surface area (Å²) in [5.41, 5.74) is 5.09. The number of ketones is 1. The van der Waals surface area contributed by atoms with E-state index in [4.69, 9.17) is 14.7 Å². The predicted molar refractivity (Wildman–Crippen MR) is 187 cm³/mol. The number of methoxy groups -OCH3 is 1. The molecule has 2 fully saturated rings. The van der Waals surface area contributed by atoms with Crippen LogP contribution in [0.15, 0.2) is 72.8 Å². The predicted octanol–water partition coefficient (Wildman–Crippen LogP) is 6.09. The molecule has 4 aromatic rings. The number of para-hydroxylation sites is 1. The molecule has 0 spiro atoms. The van der Waals surface area contributed by atoms with E-state index in [-0.39, 0.29) is 36.5 Å². The van der Waals surface area contributed by atoms with Crippen molar-refractivity contribution in [2.24, 2.45) is 5.92 Å². The van der Waals surface area contributed by atoms with E-state index >= 15 is 0 Å². The number of halogens is 2. The number of hydrogen-bond acceptors (Lipinski definition) is 7. The minimum absolute atomic E-state index is 0.0247. The monoisotopic (exact) mass is 685 g/mol. The zero-order chi connectivity index (χ0) is 35.2. The Morgan fingerprint density at radius 3 is 2.42 bits per heavy atom. The molecule has 0 bridgehead atoms. The summed E-state index contributed by atoms with van der Waals surface area (Å²) in [6, 6.07) is 21.0. The van der Waals surface area contributed by atoms with E-state index in [1.165, 1.54) is 6.07 Å². The first kappa shape index (κ1) is 35.5. The van der Waals surface area contributed by atoms with Crippen molar-refractivity contribution in [3.8, 4) is 16.9 Å². The standard InChI is InChI=1S/C39H45F2N5O4/c1-4-44-18-16-31(17-19-44)42-39(48)28-12-10-27(11-13-28)37-26(2)36(46(43-37)32-8-6-5-7-9-32)24-33(47)22-30-25-45(20-21-49-3)50-38(30)29-14-15-34(40)35(41)23-29/h5-15,23,30-31,38H,4,16-22,24-25H2,1-3H3,(H,42,48)/t30-,38+/m1/s1. The lowest BCUT2D eigenvalue weighted by molar-refractivity contribution is -0.155. The van der Waals surface area contributed by atoms with E-state index in [0.717, 1.165) is 72.8 Å². The summed E-state index contributed by atoms with van der Waals surface area (Å²) in [6.45, 7) is 8.47. The molecule has 264 valence electrons. The van der Waals surface area contributed by atoms with Gasteiger partial charge < -0.3 is 15.0 Å². The van der Waals surface area contributed by atoms with Crippen LogP contribution in [0.25, 0.3) is 16.9 Å². The first-order valence-electron chi connectivity index (χ1n) is 17.4. The van der Waals surface area contributed by atoms with Gasteiger partial charge in [-0.2, -0.15) is 10.2 Å². The Balaban J connectivity index is 1.21. The number of nitrogens with one attached hydrogen (secondary N) is 1. The molecule has 1 amide bonds. The van der Waals surface area contributed by atoms with E-state index in [1.54, 1.807) is 12.2 Å². The second-order valence-electron chi connectivity index (χ2n) is 13.2. The van der Waals surface area contributed by atoms with Crippen LogP contribution in [0, 0.1) is 24.5 Å². The number of Topliss-reactive ketones (excluding diaryl/α,β-unsaturated/α-hetero) is 1. The summed E-state index contributed by atoms with van der Waals surface area (Å²) in [5.74, 6) is -2.28. The summed E-state index contributed by atoms with van der Waals surface area (Å²) in [5, 5.41) is 9.90. The van der Waals surface area contributed by atoms with Gasteiger partial charge in [0.05, 0.1) is 23.7 Å². The number of piperidine rings is 1. The highest BCUT2D eigenvalue weighted by molar-refractivity contribution is 5.95. The normalized spacial score (nSPS) is 18.8. The molecule has 0 unspecified atom stereocenters. The van der Waals surface area contributed by atoms with Crippen molar-refractivity contribution in [1.29, 1.82) is 0 Å². The lowest BCUT2D eigenvalue weighted by atomic mass is 9.90. The van der Waals surface area contributed by atoms with Crippen molar-refractivity contribution < 1.29 is 27.9 Å². The Morgan fingerprint density at radius 1 is 1.00 bits per heavy atom. The molecule has 2 aliphatic rings. The quantitative estimate of drug-likeness (QED) is 0.182. The number of benzene rings is 3. The summed E-state index contributed by atoms with van der Waals surface area (Å²) in [4.78, 5) is 35.5. The number of aromatic nitrogens is 2. The number of nitrogens with zero attached hydrogens (tertiary/aromatic N) is 4. The number of carbonyl (C=O) groups excluding carboxylic acids is 2. The maximum atomic E-state index is 14.2. The fourth-order valence-electron chi connectivity index (χ4n) is 6.97. The number of hydrogen-bond donors (Lipinski definition) is 1. The Kier molecular flexibility index (Phi) is 11.5. The van der Waals surface area contributed by atoms with Crippen LogP contribution in [0.3, 0.4) is 0 Å². The van der Waals surface area contributed by atoms with Crippen molar-refractivity contribution in [3.63, 3.8) is 0 Å². The van der Waals surface area contributed by atoms with Gasteiger partial charge in [0.1, 0.15) is 11.9 Å². The Bertz CT molecular complexity index is 1770. The third kappa shape index (κ3) is 8.18. The number of carbonyl (C=O) groups is 2. The average molecular weight is 686 g/mol. The number of likely N-dealkylation sites (tertiary alicyclic amines) is 1. The maximum absolute atomic E-state index is 14.2. The molecule has 50 heavy (non-hydrogen) atoms. The molecule has 2 atom stereocenters. The van der Waals surface area contributed by atoms with Crippen molar-refractivity contribution in [3.05, 3.63) is 107 Å². The second-order valence-corrected chi connectivity index (χ2v) is 13.2. The molecule has 6 rings (SSSR count). The van der Waals surface area contributed by atoms with Crippen molar-refractivity contribution in [2.75, 3.05) is 46.4 Å². The van der Waals surface area contributed by atoms with Crippen LogP contribution in [0.4, 0.5) is 8.78 Å². The summed E-state index contributed by atoms with van der Waals surface area (Å²) < 4.78 is 35.0. The van der Waals surface area contributed by atoms with Crippen molar-refractivity contribution >= 4 is 11.7 Å². The topological polar surface area (TPSA) is 88.9 Å². The third-order valence-corrected chi connectivity index (χ3v) is 9.84. The molecule has 11 heteroatoms. The molecule has 2 aliphatic heterocycles. The van der Waals surface area contributed by atoms with Crippen LogP contribution < -0.4 is 5.32 Å². The maximum Gasteiger partial charge on any atom is 0.251 e. The minimum Gasteiger partial charge on any atom is -0.383 e. The van der Waals surface area contributed by atoms with E-state index in [1.807, 2.05) is 66.2 Å². The fraction of sp³-hybridized carbons (Fsp3) is 0.410. The first-order valence-corrected chi connectivity index (χ1v) is 17.4. The van der Waals surface area contributed by atoms with E-state index < -0.39 is 17.7 Å². The molecule has 0 radical (unpaired) electrons. The molecular weight excluding hydrogens is 640 g/mol. The molecular formula is C39H45F2N5O4. The molecule has 1 N–H and O–H groups in total. The van der Waals surface area contributed by atoms with Crippen molar-refractivity contribution in [2.45, 2.75) is 51.7 Å². The van der Waals surface area contributed by atoms with Gasteiger partial charge >= 0.3 is 0 Å². The van der Waals surface area contributed by atoms with Gasteiger partial charge in [-0.15, -0.1) is 0 Å². The van der Waals surface area contributed by atoms with E-state index in [0.29, 0.717) is 30.8 Å². The molecule has 1 aromatic heterocycles. The Hall–Kier alpha value is -4.29. The van der Waals surface area contributed by atoms with Gasteiger partial charge in [0.2, 0.25) is 0 Å². The molecule has 3 heterocycles. The van der Waals surface area contributed by atoms with Crippen LogP contribution in [-0.2, 0) is 20.8 Å². The highest BCUT2D eigenvalue weighted by atomic mass is 19.2. The van der Waals surface area contributed by atoms with E-state index in [9.17, 15) is 18.4 Å². The number of hydroxylamine groups is 2. The van der Waals surface area contributed by atoms with E-state index in [2.05, 4.69) is 17.1 Å². The van der Waals surface area contributed by atoms with Gasteiger partial charge in [0, 0.05) is 69.2 Å². The van der Waals surface area contributed by atoms with Crippen LogP contribution in [0.2, 0.25) is 0 Å². The summed E-state index contributed by atoms with van der Waals surface area (Å²) >= 11 is 0. The van der Waals surface area contributed by atoms with Crippen LogP contribution in [0.5, 0.6) is 0 Å². The van der Waals surface area contributed by atoms with Gasteiger partial charge in [-0.25, -0.2) is 13.5 Å². The SMILES string of the molecule is CCN1CCC(NC(=O)c2ccc(-c3nn(-c4ccccc4)c(CC(=O)C[C@@H]4CN(CCOC)O[C@H]4c4ccc(F)c(F)c4)c3C)cc2)CC1. The van der Waals surface area contributed by atoms with Gasteiger partial charge in [0.25, 0.3) is 5.91 Å².